The van der Waals surface area contributed by atoms with Crippen molar-refractivity contribution in [2.75, 3.05) is 0 Å². The summed E-state index contributed by atoms with van der Waals surface area (Å²) in [5.74, 6) is -3.69. The Labute approximate surface area is 95.6 Å². The molecule has 1 nitrogen and oxygen atoms in total. The maximum Gasteiger partial charge on any atom is 0.194 e. The smallest absolute Gasteiger partial charge is 0.194 e. The van der Waals surface area contributed by atoms with Crippen LogP contribution in [0.1, 0.15) is 26.3 Å². The van der Waals surface area contributed by atoms with Gasteiger partial charge in [0.1, 0.15) is 0 Å². The normalized spacial score (nSPS) is 12.6. The third-order valence-electron chi connectivity index (χ3n) is 1.97. The third-order valence-corrected chi connectivity index (χ3v) is 3.82. The summed E-state index contributed by atoms with van der Waals surface area (Å²) in [5, 5.41) is 0. The first-order valence-corrected chi connectivity index (χ1v) is 6.65. The highest BCUT2D eigenvalue weighted by Gasteiger charge is 2.12. The zero-order chi connectivity index (χ0) is 12.3. The first-order chi connectivity index (χ1) is 7.29. The number of halogens is 3. The van der Waals surface area contributed by atoms with Gasteiger partial charge in [0.05, 0.1) is 0 Å². The predicted octanol–water partition coefficient (Wildman–Crippen LogP) is 2.50. The van der Waals surface area contributed by atoms with Crippen LogP contribution in [0, 0.1) is 17.5 Å². The minimum Gasteiger partial charge on any atom is -0.419 e. The van der Waals surface area contributed by atoms with E-state index in [1.165, 1.54) is 0 Å². The Balaban J connectivity index is 2.62. The lowest BCUT2D eigenvalue weighted by Crippen LogP contribution is -2.22. The summed E-state index contributed by atoms with van der Waals surface area (Å²) >= 11 is 0. The molecule has 0 radical (unpaired) electrons. The van der Waals surface area contributed by atoms with E-state index in [4.69, 9.17) is 4.43 Å². The van der Waals surface area contributed by atoms with Crippen molar-refractivity contribution in [1.82, 2.24) is 0 Å². The highest BCUT2D eigenvalue weighted by atomic mass is 28.2. The van der Waals surface area contributed by atoms with E-state index < -0.39 is 27.2 Å². The molecule has 90 valence electrons. The van der Waals surface area contributed by atoms with Crippen molar-refractivity contribution in [2.45, 2.75) is 32.4 Å². The number of rotatable bonds is 3. The summed E-state index contributed by atoms with van der Waals surface area (Å²) in [6, 6.07) is 2.54. The Kier molecular flexibility index (Phi) is 4.15. The van der Waals surface area contributed by atoms with E-state index in [0.717, 1.165) is 12.1 Å². The third kappa shape index (κ3) is 3.98. The molecular formula is C11H15F3OSi. The van der Waals surface area contributed by atoms with Gasteiger partial charge in [-0.05, 0) is 44.5 Å². The lowest BCUT2D eigenvalue weighted by atomic mass is 10.2. The van der Waals surface area contributed by atoms with Crippen LogP contribution in [0.4, 0.5) is 13.2 Å². The summed E-state index contributed by atoms with van der Waals surface area (Å²) in [6.07, 6.45) is 0. The van der Waals surface area contributed by atoms with Crippen molar-refractivity contribution in [3.05, 3.63) is 35.1 Å². The average molecular weight is 248 g/mol. The Hall–Kier alpha value is -0.813. The molecular weight excluding hydrogens is 233 g/mol. The van der Waals surface area contributed by atoms with Gasteiger partial charge in [0, 0.05) is 5.60 Å². The summed E-state index contributed by atoms with van der Waals surface area (Å²) in [7, 11) is -0.891. The van der Waals surface area contributed by atoms with E-state index in [1.54, 1.807) is 0 Å². The van der Waals surface area contributed by atoms with Crippen LogP contribution in [0.5, 0.6) is 0 Å². The Morgan fingerprint density at radius 3 is 2.06 bits per heavy atom. The standard InChI is InChI=1S/C11H15F3OSi/c1-11(2,3)15-16-6-7-4-8(12)10(14)9(13)5-7/h4-5H,6,16H2,1-3H3. The van der Waals surface area contributed by atoms with Gasteiger partial charge < -0.3 is 4.43 Å². The van der Waals surface area contributed by atoms with E-state index in [-0.39, 0.29) is 5.60 Å². The fourth-order valence-corrected chi connectivity index (χ4v) is 2.47. The molecule has 0 saturated heterocycles. The second-order valence-corrected chi connectivity index (χ2v) is 5.78. The van der Waals surface area contributed by atoms with Crippen molar-refractivity contribution in [3.63, 3.8) is 0 Å². The molecule has 0 aromatic heterocycles. The fraction of sp³-hybridized carbons (Fsp3) is 0.455. The van der Waals surface area contributed by atoms with Gasteiger partial charge in [-0.1, -0.05) is 0 Å². The Morgan fingerprint density at radius 1 is 1.12 bits per heavy atom. The van der Waals surface area contributed by atoms with Crippen LogP contribution in [0.2, 0.25) is 0 Å². The van der Waals surface area contributed by atoms with Crippen LogP contribution in [-0.2, 0) is 10.5 Å². The van der Waals surface area contributed by atoms with Gasteiger partial charge >= 0.3 is 0 Å². The molecule has 0 amide bonds. The maximum atomic E-state index is 12.9. The molecule has 1 aromatic rings. The Bertz CT molecular complexity index is 351. The molecule has 0 fully saturated rings. The summed E-state index contributed by atoms with van der Waals surface area (Å²) in [4.78, 5) is 0. The van der Waals surface area contributed by atoms with E-state index in [2.05, 4.69) is 0 Å². The molecule has 0 unspecified atom stereocenters. The van der Waals surface area contributed by atoms with Crippen molar-refractivity contribution >= 4 is 9.76 Å². The lowest BCUT2D eigenvalue weighted by molar-refractivity contribution is 0.138. The zero-order valence-corrected chi connectivity index (χ0v) is 11.0. The molecule has 0 saturated carbocycles. The van der Waals surface area contributed by atoms with E-state index in [0.29, 0.717) is 11.6 Å². The largest absolute Gasteiger partial charge is 0.419 e. The van der Waals surface area contributed by atoms with E-state index >= 15 is 0 Å². The molecule has 1 aromatic carbocycles. The number of hydrogen-bond acceptors (Lipinski definition) is 1. The van der Waals surface area contributed by atoms with Crippen molar-refractivity contribution in [3.8, 4) is 0 Å². The molecule has 0 aliphatic rings. The fourth-order valence-electron chi connectivity index (χ4n) is 1.23. The summed E-state index contributed by atoms with van der Waals surface area (Å²) < 4.78 is 43.9. The summed E-state index contributed by atoms with van der Waals surface area (Å²) in [6.45, 7) is 5.77. The quantitative estimate of drug-likeness (QED) is 0.590. The molecule has 1 rings (SSSR count). The van der Waals surface area contributed by atoms with Gasteiger partial charge in [-0.15, -0.1) is 0 Å². The lowest BCUT2D eigenvalue weighted by Gasteiger charge is -2.19. The topological polar surface area (TPSA) is 9.23 Å². The molecule has 5 heteroatoms. The van der Waals surface area contributed by atoms with Gasteiger partial charge in [-0.3, -0.25) is 0 Å². The van der Waals surface area contributed by atoms with Gasteiger partial charge in [0.25, 0.3) is 0 Å². The minimum absolute atomic E-state index is 0.233. The average Bonchev–Trinajstić information content (AvgIpc) is 2.12. The SMILES string of the molecule is CC(C)(C)O[SiH2]Cc1cc(F)c(F)c(F)c1. The molecule has 16 heavy (non-hydrogen) atoms. The molecule has 0 atom stereocenters. The molecule has 0 heterocycles. The zero-order valence-electron chi connectivity index (χ0n) is 9.61. The minimum atomic E-state index is -1.41. The van der Waals surface area contributed by atoms with Crippen molar-refractivity contribution in [1.29, 1.82) is 0 Å². The predicted molar refractivity (Wildman–Crippen MR) is 59.4 cm³/mol. The molecule has 0 bridgehead atoms. The second kappa shape index (κ2) is 5.01. The van der Waals surface area contributed by atoms with Gasteiger partial charge in [-0.2, -0.15) is 0 Å². The Morgan fingerprint density at radius 2 is 1.62 bits per heavy atom. The first-order valence-electron chi connectivity index (χ1n) is 5.07. The molecule has 0 aliphatic heterocycles. The van der Waals surface area contributed by atoms with Crippen LogP contribution in [0.3, 0.4) is 0 Å². The maximum absolute atomic E-state index is 12.9. The highest BCUT2D eigenvalue weighted by molar-refractivity contribution is 6.26. The van der Waals surface area contributed by atoms with Crippen molar-refractivity contribution in [2.24, 2.45) is 0 Å². The highest BCUT2D eigenvalue weighted by Crippen LogP contribution is 2.14. The number of benzene rings is 1. The first kappa shape index (κ1) is 13.3. The van der Waals surface area contributed by atoms with E-state index in [9.17, 15) is 13.2 Å². The second-order valence-electron chi connectivity index (χ2n) is 4.58. The van der Waals surface area contributed by atoms with Gasteiger partial charge in [0.2, 0.25) is 0 Å². The van der Waals surface area contributed by atoms with Gasteiger partial charge in [-0.25, -0.2) is 13.2 Å². The van der Waals surface area contributed by atoms with Crippen LogP contribution in [0.15, 0.2) is 12.1 Å². The van der Waals surface area contributed by atoms with Crippen LogP contribution < -0.4 is 0 Å². The van der Waals surface area contributed by atoms with Crippen LogP contribution in [0.25, 0.3) is 0 Å². The number of hydrogen-bond donors (Lipinski definition) is 0. The van der Waals surface area contributed by atoms with Crippen LogP contribution in [-0.4, -0.2) is 15.4 Å². The van der Waals surface area contributed by atoms with E-state index in [1.807, 2.05) is 20.8 Å². The van der Waals surface area contributed by atoms with Crippen LogP contribution >= 0.6 is 0 Å². The summed E-state index contributed by atoms with van der Waals surface area (Å²) in [5.41, 5.74) is 0.218. The molecule has 0 spiro atoms. The molecule has 0 aliphatic carbocycles. The monoisotopic (exact) mass is 248 g/mol. The van der Waals surface area contributed by atoms with Crippen molar-refractivity contribution < 1.29 is 17.6 Å². The molecule has 0 N–H and O–H groups in total. The van der Waals surface area contributed by atoms with Gasteiger partial charge in [0.15, 0.2) is 27.2 Å².